The second-order valence-electron chi connectivity index (χ2n) is 8.84. The molecule has 1 unspecified atom stereocenters. The average Bonchev–Trinajstić information content (AvgIpc) is 3.17. The Kier molecular flexibility index (Phi) is 8.38. The molecule has 198 valence electrons. The van der Waals surface area contributed by atoms with E-state index in [1.807, 2.05) is 31.2 Å². The Bertz CT molecular complexity index is 1380. The van der Waals surface area contributed by atoms with Crippen LogP contribution in [-0.4, -0.2) is 54.2 Å². The first-order valence-electron chi connectivity index (χ1n) is 11.9. The van der Waals surface area contributed by atoms with Crippen molar-refractivity contribution in [2.24, 2.45) is 0 Å². The summed E-state index contributed by atoms with van der Waals surface area (Å²) < 4.78 is 16.6. The van der Waals surface area contributed by atoms with Crippen LogP contribution in [0, 0.1) is 6.92 Å². The van der Waals surface area contributed by atoms with Gasteiger partial charge in [0, 0.05) is 19.2 Å². The Balaban J connectivity index is 1.70. The summed E-state index contributed by atoms with van der Waals surface area (Å²) in [5, 5.41) is 21.6. The van der Waals surface area contributed by atoms with E-state index in [2.05, 4.69) is 15.9 Å². The fourth-order valence-electron chi connectivity index (χ4n) is 4.39. The number of phenols is 1. The van der Waals surface area contributed by atoms with Gasteiger partial charge in [0.1, 0.15) is 18.1 Å². The van der Waals surface area contributed by atoms with E-state index in [0.29, 0.717) is 28.0 Å². The first-order chi connectivity index (χ1) is 18.2. The molecule has 8 nitrogen and oxygen atoms in total. The summed E-state index contributed by atoms with van der Waals surface area (Å²) in [7, 11) is 2.89. The Hall–Kier alpha value is -3.82. The highest BCUT2D eigenvalue weighted by atomic mass is 79.9. The first kappa shape index (κ1) is 27.2. The highest BCUT2D eigenvalue weighted by molar-refractivity contribution is 9.10. The zero-order chi connectivity index (χ0) is 27.4. The third kappa shape index (κ3) is 5.54. The van der Waals surface area contributed by atoms with Crippen molar-refractivity contribution in [2.75, 3.05) is 27.4 Å². The fourth-order valence-corrected chi connectivity index (χ4v) is 4.85. The van der Waals surface area contributed by atoms with Gasteiger partial charge in [-0.15, -0.1) is 0 Å². The van der Waals surface area contributed by atoms with E-state index in [0.717, 1.165) is 11.1 Å². The Morgan fingerprint density at radius 3 is 2.45 bits per heavy atom. The molecule has 2 N–H and O–H groups in total. The molecule has 4 rings (SSSR count). The maximum atomic E-state index is 13.2. The number of rotatable bonds is 9. The van der Waals surface area contributed by atoms with Crippen molar-refractivity contribution in [1.82, 2.24) is 4.90 Å². The number of ether oxygens (including phenoxy) is 3. The molecule has 1 aliphatic heterocycles. The van der Waals surface area contributed by atoms with Gasteiger partial charge in [0.2, 0.25) is 0 Å². The van der Waals surface area contributed by atoms with E-state index >= 15 is 0 Å². The number of Topliss-reactive ketones (excluding diaryl/α,β-unsaturated/α-hetero) is 1. The monoisotopic (exact) mass is 581 g/mol. The van der Waals surface area contributed by atoms with Crippen molar-refractivity contribution in [3.8, 4) is 17.2 Å². The molecular weight excluding hydrogens is 554 g/mol. The van der Waals surface area contributed by atoms with Crippen LogP contribution in [0.5, 0.6) is 17.2 Å². The van der Waals surface area contributed by atoms with Crippen molar-refractivity contribution in [1.29, 1.82) is 0 Å². The minimum absolute atomic E-state index is 0.0702. The summed E-state index contributed by atoms with van der Waals surface area (Å²) in [5.41, 5.74) is 2.93. The number of methoxy groups -OCH3 is 2. The summed E-state index contributed by atoms with van der Waals surface area (Å²) in [5.74, 6) is -1.26. The molecule has 0 saturated carbocycles. The number of aliphatic hydroxyl groups is 1. The summed E-state index contributed by atoms with van der Waals surface area (Å²) in [6, 6.07) is 16.9. The molecule has 0 aromatic heterocycles. The van der Waals surface area contributed by atoms with E-state index in [1.54, 1.807) is 30.3 Å². The number of aromatic hydroxyl groups is 1. The number of aliphatic hydroxyl groups excluding tert-OH is 1. The zero-order valence-electron chi connectivity index (χ0n) is 21.2. The number of carbonyl (C=O) groups is 2. The number of halogens is 1. The van der Waals surface area contributed by atoms with Crippen LogP contribution in [0.2, 0.25) is 0 Å². The lowest BCUT2D eigenvalue weighted by Crippen LogP contribution is -2.32. The predicted molar refractivity (Wildman–Crippen MR) is 145 cm³/mol. The second-order valence-corrected chi connectivity index (χ2v) is 9.70. The zero-order valence-corrected chi connectivity index (χ0v) is 22.8. The van der Waals surface area contributed by atoms with Gasteiger partial charge in [-0.1, -0.05) is 29.8 Å². The van der Waals surface area contributed by atoms with Crippen LogP contribution in [0.1, 0.15) is 28.3 Å². The van der Waals surface area contributed by atoms with Gasteiger partial charge >= 0.3 is 0 Å². The van der Waals surface area contributed by atoms with Crippen LogP contribution in [0.4, 0.5) is 0 Å². The molecule has 1 atom stereocenters. The van der Waals surface area contributed by atoms with Crippen molar-refractivity contribution in [3.05, 3.63) is 93.0 Å². The topological polar surface area (TPSA) is 106 Å². The van der Waals surface area contributed by atoms with E-state index < -0.39 is 17.7 Å². The number of benzene rings is 3. The van der Waals surface area contributed by atoms with E-state index in [9.17, 15) is 19.8 Å². The van der Waals surface area contributed by atoms with Gasteiger partial charge in [0.05, 0.1) is 29.8 Å². The van der Waals surface area contributed by atoms with Crippen LogP contribution in [-0.2, 0) is 20.9 Å². The lowest BCUT2D eigenvalue weighted by Gasteiger charge is -2.25. The molecule has 1 amide bonds. The number of hydrogen-bond acceptors (Lipinski definition) is 7. The minimum Gasteiger partial charge on any atom is -0.507 e. The number of phenolic OH excluding ortho intramolecular Hbond substituents is 1. The molecular formula is C29H28BrNO7. The van der Waals surface area contributed by atoms with Gasteiger partial charge in [-0.25, -0.2) is 0 Å². The normalized spacial score (nSPS) is 16.6. The number of aryl methyl sites for hydroxylation is 1. The Labute approximate surface area is 229 Å². The molecule has 9 heteroatoms. The first-order valence-corrected chi connectivity index (χ1v) is 12.7. The highest BCUT2D eigenvalue weighted by Gasteiger charge is 2.46. The van der Waals surface area contributed by atoms with Crippen LogP contribution < -0.4 is 9.47 Å². The number of carbonyl (C=O) groups excluding carboxylic acids is 2. The number of nitrogens with zero attached hydrogens (tertiary/aromatic N) is 1. The summed E-state index contributed by atoms with van der Waals surface area (Å²) in [4.78, 5) is 27.5. The SMILES string of the molecule is COCCN1C(=O)C(=O)C(=C(O)c2ccc(OCc3cccc(C)c3)cc2)C1c1cc(Br)c(O)c(OC)c1. The Morgan fingerprint density at radius 2 is 1.79 bits per heavy atom. The maximum Gasteiger partial charge on any atom is 0.295 e. The van der Waals surface area contributed by atoms with Gasteiger partial charge in [-0.3, -0.25) is 9.59 Å². The minimum atomic E-state index is -0.923. The number of ketones is 1. The summed E-state index contributed by atoms with van der Waals surface area (Å²) >= 11 is 3.30. The quantitative estimate of drug-likeness (QED) is 0.205. The van der Waals surface area contributed by atoms with Gasteiger partial charge in [0.25, 0.3) is 11.7 Å². The van der Waals surface area contributed by atoms with Crippen molar-refractivity contribution < 1.29 is 34.0 Å². The number of likely N-dealkylation sites (tertiary alicyclic amines) is 1. The van der Waals surface area contributed by atoms with Crippen LogP contribution in [0.15, 0.2) is 70.7 Å². The number of amides is 1. The van der Waals surface area contributed by atoms with E-state index in [4.69, 9.17) is 14.2 Å². The summed E-state index contributed by atoms with van der Waals surface area (Å²) in [6.07, 6.45) is 0. The maximum absolute atomic E-state index is 13.2. The van der Waals surface area contributed by atoms with Gasteiger partial charge in [-0.2, -0.15) is 0 Å². The average molecular weight is 582 g/mol. The molecule has 0 aliphatic carbocycles. The molecule has 0 radical (unpaired) electrons. The van der Waals surface area contributed by atoms with Crippen molar-refractivity contribution >= 4 is 33.4 Å². The van der Waals surface area contributed by atoms with Crippen molar-refractivity contribution in [3.63, 3.8) is 0 Å². The summed E-state index contributed by atoms with van der Waals surface area (Å²) in [6.45, 7) is 2.71. The second kappa shape index (κ2) is 11.7. The molecule has 0 spiro atoms. The fraction of sp³-hybridized carbons (Fsp3) is 0.241. The molecule has 1 saturated heterocycles. The van der Waals surface area contributed by atoms with Gasteiger partial charge in [0.15, 0.2) is 11.5 Å². The lowest BCUT2D eigenvalue weighted by atomic mass is 9.95. The molecule has 0 bridgehead atoms. The largest absolute Gasteiger partial charge is 0.507 e. The van der Waals surface area contributed by atoms with E-state index in [1.165, 1.54) is 25.2 Å². The molecule has 38 heavy (non-hydrogen) atoms. The van der Waals surface area contributed by atoms with Crippen LogP contribution >= 0.6 is 15.9 Å². The van der Waals surface area contributed by atoms with Crippen LogP contribution in [0.25, 0.3) is 5.76 Å². The molecule has 3 aromatic carbocycles. The standard InChI is InChI=1S/C29H28BrNO7/c1-17-5-4-6-18(13-17)16-38-21-9-7-19(8-10-21)26(32)24-25(31(11-12-36-2)29(35)28(24)34)20-14-22(30)27(33)23(15-20)37-3/h4-10,13-15,25,32-33H,11-12,16H2,1-3H3. The third-order valence-corrected chi connectivity index (χ3v) is 6.88. The molecule has 3 aromatic rings. The Morgan fingerprint density at radius 1 is 1.05 bits per heavy atom. The van der Waals surface area contributed by atoms with Gasteiger partial charge < -0.3 is 29.3 Å². The van der Waals surface area contributed by atoms with E-state index in [-0.39, 0.29) is 36.0 Å². The third-order valence-electron chi connectivity index (χ3n) is 6.28. The smallest absolute Gasteiger partial charge is 0.295 e. The molecule has 1 aliphatic rings. The van der Waals surface area contributed by atoms with Crippen LogP contribution in [0.3, 0.4) is 0 Å². The number of hydrogen-bond donors (Lipinski definition) is 2. The lowest BCUT2D eigenvalue weighted by molar-refractivity contribution is -0.140. The molecule has 1 heterocycles. The van der Waals surface area contributed by atoms with Crippen molar-refractivity contribution in [2.45, 2.75) is 19.6 Å². The molecule has 1 fully saturated rings. The van der Waals surface area contributed by atoms with Gasteiger partial charge in [-0.05, 0) is 70.4 Å². The predicted octanol–water partition coefficient (Wildman–Crippen LogP) is 5.12. The highest BCUT2D eigenvalue weighted by Crippen LogP contribution is 2.44.